The molecule has 1 heterocycles. The molecule has 3 N–H and O–H groups in total. The molecule has 4 rings (SSSR count). The van der Waals surface area contributed by atoms with Crippen LogP contribution in [-0.2, 0) is 0 Å². The summed E-state index contributed by atoms with van der Waals surface area (Å²) in [6.45, 7) is 0. The molecule has 3 aromatic carbocycles. The summed E-state index contributed by atoms with van der Waals surface area (Å²) >= 11 is 13.4. The zero-order valence-electron chi connectivity index (χ0n) is 16.2. The lowest BCUT2D eigenvalue weighted by Crippen LogP contribution is -2.17. The van der Waals surface area contributed by atoms with Gasteiger partial charge in [-0.3, -0.25) is 9.59 Å². The van der Waals surface area contributed by atoms with E-state index < -0.39 is 17.8 Å². The van der Waals surface area contributed by atoms with Crippen LogP contribution in [0.5, 0.6) is 0 Å². The van der Waals surface area contributed by atoms with E-state index in [1.807, 2.05) is 18.2 Å². The number of benzene rings is 3. The summed E-state index contributed by atoms with van der Waals surface area (Å²) in [5.41, 5.74) is 0.519. The number of carboxylic acid groups (broad SMARTS) is 1. The molecule has 0 saturated heterocycles. The monoisotopic (exact) mass is 484 g/mol. The number of fused-ring (bicyclic) bond motifs is 1. The molecule has 0 spiro atoms. The fraction of sp³-hybridized carbons (Fsp3) is 0. The van der Waals surface area contributed by atoms with Crippen molar-refractivity contribution in [2.75, 3.05) is 10.6 Å². The maximum Gasteiger partial charge on any atom is 0.337 e. The molecule has 0 fully saturated rings. The number of carbonyl (C=O) groups excluding carboxylic acids is 2. The van der Waals surface area contributed by atoms with Crippen LogP contribution in [0.4, 0.5) is 11.4 Å². The Bertz CT molecular complexity index is 1370. The lowest BCUT2D eigenvalue weighted by molar-refractivity contribution is 0.0697. The van der Waals surface area contributed by atoms with Crippen LogP contribution in [0.2, 0.25) is 10.0 Å². The average molecular weight is 485 g/mol. The Kier molecular flexibility index (Phi) is 6.14. The molecule has 6 nitrogen and oxygen atoms in total. The van der Waals surface area contributed by atoms with E-state index in [9.17, 15) is 19.5 Å². The summed E-state index contributed by atoms with van der Waals surface area (Å²) in [4.78, 5) is 37.4. The highest BCUT2D eigenvalue weighted by molar-refractivity contribution is 7.21. The van der Waals surface area contributed by atoms with Crippen molar-refractivity contribution in [2.45, 2.75) is 0 Å². The van der Waals surface area contributed by atoms with Crippen LogP contribution in [0.25, 0.3) is 10.1 Å². The number of amides is 2. The second kappa shape index (κ2) is 9.00. The third kappa shape index (κ3) is 4.45. The molecule has 4 aromatic rings. The van der Waals surface area contributed by atoms with Crippen LogP contribution in [0, 0.1) is 0 Å². The topological polar surface area (TPSA) is 95.5 Å². The van der Waals surface area contributed by atoms with Crippen molar-refractivity contribution in [3.8, 4) is 0 Å². The van der Waals surface area contributed by atoms with Gasteiger partial charge < -0.3 is 15.7 Å². The molecular formula is C23H14Cl2N2O4S. The van der Waals surface area contributed by atoms with Gasteiger partial charge in [-0.2, -0.15) is 0 Å². The molecule has 1 aromatic heterocycles. The lowest BCUT2D eigenvalue weighted by Gasteiger charge is -2.11. The third-order valence-electron chi connectivity index (χ3n) is 4.60. The fourth-order valence-electron chi connectivity index (χ4n) is 3.05. The number of rotatable bonds is 5. The second-order valence-electron chi connectivity index (χ2n) is 6.72. The zero-order chi connectivity index (χ0) is 22.8. The minimum atomic E-state index is -1.24. The molecule has 0 unspecified atom stereocenters. The van der Waals surface area contributed by atoms with E-state index in [2.05, 4.69) is 10.6 Å². The Hall–Kier alpha value is -3.39. The minimum Gasteiger partial charge on any atom is -0.478 e. The van der Waals surface area contributed by atoms with Gasteiger partial charge in [-0.05, 0) is 48.5 Å². The number of carbonyl (C=O) groups is 3. The van der Waals surface area contributed by atoms with Gasteiger partial charge in [0.2, 0.25) is 0 Å². The third-order valence-corrected chi connectivity index (χ3v) is 6.53. The first-order chi connectivity index (χ1) is 15.3. The number of nitrogens with one attached hydrogen (secondary N) is 2. The maximum atomic E-state index is 12.9. The Morgan fingerprint density at radius 2 is 1.56 bits per heavy atom. The van der Waals surface area contributed by atoms with E-state index >= 15 is 0 Å². The fourth-order valence-corrected chi connectivity index (χ4v) is 4.59. The normalized spacial score (nSPS) is 10.7. The van der Waals surface area contributed by atoms with Crippen molar-refractivity contribution in [1.82, 2.24) is 0 Å². The minimum absolute atomic E-state index is 0.0141. The van der Waals surface area contributed by atoms with Crippen molar-refractivity contribution in [3.63, 3.8) is 0 Å². The second-order valence-corrected chi connectivity index (χ2v) is 8.59. The van der Waals surface area contributed by atoms with Crippen LogP contribution in [-0.4, -0.2) is 22.9 Å². The molecule has 0 aliphatic heterocycles. The molecule has 32 heavy (non-hydrogen) atoms. The van der Waals surface area contributed by atoms with Crippen LogP contribution >= 0.6 is 34.5 Å². The van der Waals surface area contributed by atoms with Crippen molar-refractivity contribution >= 4 is 73.8 Å². The van der Waals surface area contributed by atoms with E-state index in [-0.39, 0.29) is 26.7 Å². The van der Waals surface area contributed by atoms with Gasteiger partial charge in [0.15, 0.2) is 0 Å². The standard InChI is InChI=1S/C23H14Cl2N2O4S/c24-13-6-8-14(9-7-13)26-21(28)12-5-10-15(23(30)31)17(11-12)27-22(29)20-19(25)16-3-1-2-4-18(16)32-20/h1-11H,(H,26,28)(H,27,29)(H,30,31). The lowest BCUT2D eigenvalue weighted by atomic mass is 10.1. The number of anilines is 2. The molecule has 160 valence electrons. The Morgan fingerprint density at radius 3 is 2.25 bits per heavy atom. The number of thiophene rings is 1. The van der Waals surface area contributed by atoms with Gasteiger partial charge in [0.1, 0.15) is 4.88 Å². The van der Waals surface area contributed by atoms with E-state index in [0.29, 0.717) is 10.7 Å². The molecule has 2 amide bonds. The summed E-state index contributed by atoms with van der Waals surface area (Å²) in [5, 5.41) is 16.4. The number of aromatic carboxylic acids is 1. The average Bonchev–Trinajstić information content (AvgIpc) is 3.12. The van der Waals surface area contributed by atoms with Gasteiger partial charge in [0.05, 0.1) is 16.3 Å². The van der Waals surface area contributed by atoms with Crippen LogP contribution in [0.1, 0.15) is 30.4 Å². The maximum absolute atomic E-state index is 12.9. The van der Waals surface area contributed by atoms with Crippen LogP contribution in [0.15, 0.2) is 66.7 Å². The number of carboxylic acids is 1. The predicted octanol–water partition coefficient (Wildman–Crippen LogP) is 6.41. The molecule has 0 saturated carbocycles. The molecular weight excluding hydrogens is 471 g/mol. The predicted molar refractivity (Wildman–Crippen MR) is 128 cm³/mol. The molecule has 9 heteroatoms. The highest BCUT2D eigenvalue weighted by Gasteiger charge is 2.21. The van der Waals surface area contributed by atoms with Crippen molar-refractivity contribution in [2.24, 2.45) is 0 Å². The van der Waals surface area contributed by atoms with Gasteiger partial charge in [0.25, 0.3) is 11.8 Å². The highest BCUT2D eigenvalue weighted by atomic mass is 35.5. The van der Waals surface area contributed by atoms with Crippen molar-refractivity contribution < 1.29 is 19.5 Å². The summed E-state index contributed by atoms with van der Waals surface area (Å²) in [7, 11) is 0. The van der Waals surface area contributed by atoms with Gasteiger partial charge in [-0.15, -0.1) is 11.3 Å². The van der Waals surface area contributed by atoms with Crippen LogP contribution < -0.4 is 10.6 Å². The van der Waals surface area contributed by atoms with Crippen molar-refractivity contribution in [3.05, 3.63) is 92.8 Å². The smallest absolute Gasteiger partial charge is 0.337 e. The van der Waals surface area contributed by atoms with E-state index in [1.165, 1.54) is 29.5 Å². The number of hydrogen-bond acceptors (Lipinski definition) is 4. The largest absolute Gasteiger partial charge is 0.478 e. The molecule has 0 aliphatic rings. The number of halogens is 2. The summed E-state index contributed by atoms with van der Waals surface area (Å²) < 4.78 is 0.831. The Labute approximate surface area is 196 Å². The molecule has 0 bridgehead atoms. The first-order valence-corrected chi connectivity index (χ1v) is 10.8. The Balaban J connectivity index is 1.63. The van der Waals surface area contributed by atoms with Gasteiger partial charge in [-0.25, -0.2) is 4.79 Å². The quantitative estimate of drug-likeness (QED) is 0.304. The highest BCUT2D eigenvalue weighted by Crippen LogP contribution is 2.35. The summed E-state index contributed by atoms with van der Waals surface area (Å²) in [6.07, 6.45) is 0. The van der Waals surface area contributed by atoms with Gasteiger partial charge in [0, 0.05) is 26.4 Å². The van der Waals surface area contributed by atoms with Crippen LogP contribution in [0.3, 0.4) is 0 Å². The van der Waals surface area contributed by atoms with Gasteiger partial charge in [-0.1, -0.05) is 41.4 Å². The van der Waals surface area contributed by atoms with Gasteiger partial charge >= 0.3 is 5.97 Å². The molecule has 0 atom stereocenters. The Morgan fingerprint density at radius 1 is 0.844 bits per heavy atom. The van der Waals surface area contributed by atoms with E-state index in [1.54, 1.807) is 30.3 Å². The first-order valence-electron chi connectivity index (χ1n) is 9.26. The SMILES string of the molecule is O=C(Nc1ccc(Cl)cc1)c1ccc(C(=O)O)c(NC(=O)c2sc3ccccc3c2Cl)c1. The first kappa shape index (κ1) is 21.8. The van der Waals surface area contributed by atoms with Crippen molar-refractivity contribution in [1.29, 1.82) is 0 Å². The summed E-state index contributed by atoms with van der Waals surface area (Å²) in [5.74, 6) is -2.28. The zero-order valence-corrected chi connectivity index (χ0v) is 18.5. The number of hydrogen-bond donors (Lipinski definition) is 3. The molecule has 0 radical (unpaired) electrons. The molecule has 0 aliphatic carbocycles. The summed E-state index contributed by atoms with van der Waals surface area (Å²) in [6, 6.07) is 17.8. The van der Waals surface area contributed by atoms with E-state index in [0.717, 1.165) is 10.1 Å². The van der Waals surface area contributed by atoms with E-state index in [4.69, 9.17) is 23.2 Å².